The van der Waals surface area contributed by atoms with Crippen LogP contribution in [-0.2, 0) is 11.2 Å². The molecule has 1 aromatic rings. The fraction of sp³-hybridized carbons (Fsp3) is 0.200. The Balaban J connectivity index is 2.75. The molecule has 0 aliphatic carbocycles. The van der Waals surface area contributed by atoms with Crippen LogP contribution in [0.2, 0.25) is 0 Å². The molecule has 7 heteroatoms. The summed E-state index contributed by atoms with van der Waals surface area (Å²) < 4.78 is 0. The predicted octanol–water partition coefficient (Wildman–Crippen LogP) is -0.0847. The molecule has 0 saturated carbocycles. The average Bonchev–Trinajstić information content (AvgIpc) is 2.28. The van der Waals surface area contributed by atoms with Gasteiger partial charge in [0.2, 0.25) is 0 Å². The van der Waals surface area contributed by atoms with Crippen molar-refractivity contribution in [1.82, 2.24) is 0 Å². The molecule has 92 valence electrons. The quantitative estimate of drug-likeness (QED) is 0.431. The number of hydrogen-bond acceptors (Lipinski definition) is 4. The molecule has 0 spiro atoms. The van der Waals surface area contributed by atoms with Crippen molar-refractivity contribution >= 4 is 17.7 Å². The first-order valence-corrected chi connectivity index (χ1v) is 4.77. The predicted molar refractivity (Wildman–Crippen MR) is 59.6 cm³/mol. The number of primary amides is 1. The van der Waals surface area contributed by atoms with Crippen molar-refractivity contribution < 1.29 is 19.9 Å². The minimum Gasteiger partial charge on any atom is -0.480 e. The number of hydrogen-bond donors (Lipinski definition) is 4. The first kappa shape index (κ1) is 12.9. The Morgan fingerprint density at radius 3 is 2.24 bits per heavy atom. The van der Waals surface area contributed by atoms with E-state index in [1.165, 1.54) is 12.1 Å². The number of urea groups is 1. The van der Waals surface area contributed by atoms with Gasteiger partial charge >= 0.3 is 12.0 Å². The topological polar surface area (TPSA) is 130 Å². The van der Waals surface area contributed by atoms with E-state index in [2.05, 4.69) is 0 Å². The van der Waals surface area contributed by atoms with Gasteiger partial charge < -0.3 is 16.6 Å². The van der Waals surface area contributed by atoms with E-state index in [1.54, 1.807) is 12.1 Å². The summed E-state index contributed by atoms with van der Waals surface area (Å²) >= 11 is 0. The number of carbonyl (C=O) groups excluding carboxylic acids is 1. The number of carboxylic acids is 1. The van der Waals surface area contributed by atoms with Crippen LogP contribution in [0.4, 0.5) is 10.5 Å². The molecule has 0 fully saturated rings. The molecule has 17 heavy (non-hydrogen) atoms. The maximum atomic E-state index is 10.7. The molecule has 2 amide bonds. The fourth-order valence-electron chi connectivity index (χ4n) is 1.24. The molecule has 6 N–H and O–H groups in total. The second kappa shape index (κ2) is 5.28. The molecule has 1 atom stereocenters. The zero-order valence-electron chi connectivity index (χ0n) is 8.91. The Bertz CT molecular complexity index is 418. The average molecular weight is 239 g/mol. The molecule has 1 rings (SSSR count). The maximum Gasteiger partial charge on any atom is 0.343 e. The zero-order valence-corrected chi connectivity index (χ0v) is 8.91. The van der Waals surface area contributed by atoms with Gasteiger partial charge in [-0.3, -0.25) is 10.0 Å². The summed E-state index contributed by atoms with van der Waals surface area (Å²) in [6, 6.07) is 4.01. The standard InChI is InChI=1S/C10H13N3O4/c11-8(9(14)15)5-6-1-3-7(4-2-6)13(17)10(12)16/h1-4,8,17H,5,11H2,(H2,12,16)(H,14,15). The molecule has 0 heterocycles. The number of anilines is 1. The summed E-state index contributed by atoms with van der Waals surface area (Å²) in [5.74, 6) is -1.09. The van der Waals surface area contributed by atoms with Crippen LogP contribution in [-0.4, -0.2) is 28.4 Å². The van der Waals surface area contributed by atoms with Crippen molar-refractivity contribution in [3.8, 4) is 0 Å². The highest BCUT2D eigenvalue weighted by Crippen LogP contribution is 2.14. The molecular weight excluding hydrogens is 226 g/mol. The van der Waals surface area contributed by atoms with Crippen LogP contribution in [0.15, 0.2) is 24.3 Å². The highest BCUT2D eigenvalue weighted by atomic mass is 16.5. The van der Waals surface area contributed by atoms with E-state index in [-0.39, 0.29) is 12.1 Å². The number of hydroxylamine groups is 1. The Labute approximate surface area is 97.2 Å². The number of carbonyl (C=O) groups is 2. The maximum absolute atomic E-state index is 10.7. The van der Waals surface area contributed by atoms with Crippen molar-refractivity contribution in [3.63, 3.8) is 0 Å². The van der Waals surface area contributed by atoms with E-state index < -0.39 is 18.0 Å². The lowest BCUT2D eigenvalue weighted by atomic mass is 10.1. The number of rotatable bonds is 4. The van der Waals surface area contributed by atoms with Crippen molar-refractivity contribution in [2.24, 2.45) is 11.5 Å². The molecule has 0 bridgehead atoms. The van der Waals surface area contributed by atoms with E-state index in [9.17, 15) is 14.8 Å². The Morgan fingerprint density at radius 1 is 1.29 bits per heavy atom. The molecular formula is C10H13N3O4. The van der Waals surface area contributed by atoms with Crippen molar-refractivity contribution in [2.75, 3.05) is 5.06 Å². The van der Waals surface area contributed by atoms with Crippen LogP contribution in [0.25, 0.3) is 0 Å². The minimum absolute atomic E-state index is 0.164. The number of aliphatic carboxylic acids is 1. The third kappa shape index (κ3) is 3.44. The highest BCUT2D eigenvalue weighted by molar-refractivity contribution is 5.88. The van der Waals surface area contributed by atoms with E-state index in [0.29, 0.717) is 10.6 Å². The Hall–Kier alpha value is -2.12. The molecule has 0 radical (unpaired) electrons. The number of nitrogens with two attached hydrogens (primary N) is 2. The first-order chi connectivity index (χ1) is 7.91. The van der Waals surface area contributed by atoms with E-state index >= 15 is 0 Å². The van der Waals surface area contributed by atoms with Crippen LogP contribution in [0, 0.1) is 0 Å². The summed E-state index contributed by atoms with van der Waals surface area (Å²) in [6.45, 7) is 0. The summed E-state index contributed by atoms with van der Waals surface area (Å²) in [6.07, 6.45) is 0.164. The number of amides is 2. The molecule has 1 aromatic carbocycles. The van der Waals surface area contributed by atoms with Crippen LogP contribution in [0.5, 0.6) is 0 Å². The third-order valence-electron chi connectivity index (χ3n) is 2.16. The lowest BCUT2D eigenvalue weighted by Gasteiger charge is -2.12. The van der Waals surface area contributed by atoms with Crippen molar-refractivity contribution in [1.29, 1.82) is 0 Å². The van der Waals surface area contributed by atoms with Crippen LogP contribution >= 0.6 is 0 Å². The molecule has 0 aliphatic rings. The van der Waals surface area contributed by atoms with Gasteiger partial charge in [0.1, 0.15) is 6.04 Å². The van der Waals surface area contributed by atoms with Gasteiger partial charge in [0, 0.05) is 0 Å². The smallest absolute Gasteiger partial charge is 0.343 e. The molecule has 0 aliphatic heterocycles. The fourth-order valence-corrected chi connectivity index (χ4v) is 1.24. The monoisotopic (exact) mass is 239 g/mol. The normalized spacial score (nSPS) is 11.9. The van der Waals surface area contributed by atoms with Gasteiger partial charge in [0.05, 0.1) is 5.69 Å². The van der Waals surface area contributed by atoms with Gasteiger partial charge in [-0.05, 0) is 24.1 Å². The van der Waals surface area contributed by atoms with Gasteiger partial charge in [0.25, 0.3) is 0 Å². The van der Waals surface area contributed by atoms with E-state index in [4.69, 9.17) is 16.6 Å². The van der Waals surface area contributed by atoms with Gasteiger partial charge in [-0.15, -0.1) is 0 Å². The Kier molecular flexibility index (Phi) is 4.02. The van der Waals surface area contributed by atoms with Gasteiger partial charge in [0.15, 0.2) is 0 Å². The molecule has 0 aromatic heterocycles. The lowest BCUT2D eigenvalue weighted by Crippen LogP contribution is -2.33. The van der Waals surface area contributed by atoms with Crippen LogP contribution in [0.3, 0.4) is 0 Å². The summed E-state index contributed by atoms with van der Waals surface area (Å²) in [5, 5.41) is 18.1. The lowest BCUT2D eigenvalue weighted by molar-refractivity contribution is -0.138. The van der Waals surface area contributed by atoms with Gasteiger partial charge in [-0.2, -0.15) is 5.06 Å². The van der Waals surface area contributed by atoms with Gasteiger partial charge in [-0.1, -0.05) is 12.1 Å². The van der Waals surface area contributed by atoms with E-state index in [1.807, 2.05) is 0 Å². The van der Waals surface area contributed by atoms with Crippen LogP contribution in [0.1, 0.15) is 5.56 Å². The first-order valence-electron chi connectivity index (χ1n) is 4.77. The van der Waals surface area contributed by atoms with Crippen molar-refractivity contribution in [3.05, 3.63) is 29.8 Å². The zero-order chi connectivity index (χ0) is 13.0. The van der Waals surface area contributed by atoms with Crippen molar-refractivity contribution in [2.45, 2.75) is 12.5 Å². The largest absolute Gasteiger partial charge is 0.480 e. The third-order valence-corrected chi connectivity index (χ3v) is 2.16. The Morgan fingerprint density at radius 2 is 1.82 bits per heavy atom. The highest BCUT2D eigenvalue weighted by Gasteiger charge is 2.13. The molecule has 1 unspecified atom stereocenters. The SMILES string of the molecule is NC(=O)N(O)c1ccc(CC(N)C(=O)O)cc1. The molecule has 7 nitrogen and oxygen atoms in total. The second-order valence-corrected chi connectivity index (χ2v) is 3.47. The summed E-state index contributed by atoms with van der Waals surface area (Å²) in [5.41, 5.74) is 11.1. The minimum atomic E-state index is -1.09. The summed E-state index contributed by atoms with van der Waals surface area (Å²) in [7, 11) is 0. The molecule has 0 saturated heterocycles. The van der Waals surface area contributed by atoms with Crippen LogP contribution < -0.4 is 16.5 Å². The van der Waals surface area contributed by atoms with Gasteiger partial charge in [-0.25, -0.2) is 4.79 Å². The number of benzene rings is 1. The van der Waals surface area contributed by atoms with E-state index in [0.717, 1.165) is 0 Å². The second-order valence-electron chi connectivity index (χ2n) is 3.47. The number of carboxylic acid groups (broad SMARTS) is 1. The number of nitrogens with zero attached hydrogens (tertiary/aromatic N) is 1. The summed E-state index contributed by atoms with van der Waals surface area (Å²) in [4.78, 5) is 21.2.